The summed E-state index contributed by atoms with van der Waals surface area (Å²) in [4.78, 5) is 12.8. The molecule has 174 valence electrons. The topological polar surface area (TPSA) is 101 Å². The van der Waals surface area contributed by atoms with Crippen molar-refractivity contribution in [3.05, 3.63) is 75.7 Å². The smallest absolute Gasteiger partial charge is 0.264 e. The van der Waals surface area contributed by atoms with Gasteiger partial charge in [0.15, 0.2) is 0 Å². The van der Waals surface area contributed by atoms with E-state index < -0.39 is 22.5 Å². The fraction of sp³-hybridized carbons (Fsp3) is 0.217. The molecule has 1 heterocycles. The molecule has 0 aliphatic rings. The number of carbonyl (C=O) groups excluding carboxylic acids is 1. The number of ether oxygens (including phenoxy) is 1. The van der Waals surface area contributed by atoms with Gasteiger partial charge >= 0.3 is 0 Å². The van der Waals surface area contributed by atoms with Crippen LogP contribution in [0.3, 0.4) is 0 Å². The highest BCUT2D eigenvalue weighted by atomic mass is 79.9. The number of aryl methyl sites for hydroxylation is 3. The van der Waals surface area contributed by atoms with Crippen LogP contribution in [0.4, 0.5) is 5.69 Å². The lowest BCUT2D eigenvalue weighted by Crippen LogP contribution is -2.39. The van der Waals surface area contributed by atoms with E-state index in [-0.39, 0.29) is 10.6 Å². The van der Waals surface area contributed by atoms with Crippen molar-refractivity contribution in [2.24, 2.45) is 5.10 Å². The second-order valence-electron chi connectivity index (χ2n) is 7.35. The first kappa shape index (κ1) is 24.5. The Morgan fingerprint density at radius 1 is 1.12 bits per heavy atom. The average molecular weight is 534 g/mol. The lowest BCUT2D eigenvalue weighted by atomic mass is 10.2. The molecule has 0 bridgehead atoms. The van der Waals surface area contributed by atoms with Crippen LogP contribution in [0, 0.1) is 20.8 Å². The van der Waals surface area contributed by atoms with Gasteiger partial charge in [-0.25, -0.2) is 13.8 Å². The number of sulfonamides is 1. The summed E-state index contributed by atoms with van der Waals surface area (Å²) in [7, 11) is -2.64. The van der Waals surface area contributed by atoms with E-state index in [2.05, 4.69) is 26.5 Å². The van der Waals surface area contributed by atoms with Gasteiger partial charge in [-0.05, 0) is 66.5 Å². The molecule has 0 aliphatic heterocycles. The summed E-state index contributed by atoms with van der Waals surface area (Å²) >= 11 is 3.34. The van der Waals surface area contributed by atoms with Crippen LogP contribution in [-0.2, 0) is 14.8 Å². The van der Waals surface area contributed by atoms with E-state index in [0.29, 0.717) is 17.3 Å². The van der Waals surface area contributed by atoms with Crippen molar-refractivity contribution < 1.29 is 22.4 Å². The van der Waals surface area contributed by atoms with Gasteiger partial charge in [0.2, 0.25) is 0 Å². The minimum Gasteiger partial charge on any atom is -0.495 e. The average Bonchev–Trinajstić information content (AvgIpc) is 3.09. The number of nitrogens with one attached hydrogen (secondary N) is 1. The molecule has 1 N–H and O–H groups in total. The minimum absolute atomic E-state index is 0.0591. The first-order valence-corrected chi connectivity index (χ1v) is 12.2. The SMILES string of the molecule is COc1ccc(C)cc1N(CC(=O)N/N=C\c1cc(Br)c(C)o1)S(=O)(=O)c1ccc(C)cc1. The van der Waals surface area contributed by atoms with Crippen molar-refractivity contribution in [3.8, 4) is 5.75 Å². The van der Waals surface area contributed by atoms with Crippen molar-refractivity contribution in [1.29, 1.82) is 0 Å². The number of halogens is 1. The van der Waals surface area contributed by atoms with Crippen LogP contribution >= 0.6 is 15.9 Å². The van der Waals surface area contributed by atoms with Gasteiger partial charge in [-0.2, -0.15) is 5.10 Å². The molecule has 8 nitrogen and oxygen atoms in total. The Morgan fingerprint density at radius 2 is 1.79 bits per heavy atom. The van der Waals surface area contributed by atoms with Crippen molar-refractivity contribution >= 4 is 43.8 Å². The van der Waals surface area contributed by atoms with Gasteiger partial charge in [-0.3, -0.25) is 9.10 Å². The van der Waals surface area contributed by atoms with Crippen LogP contribution in [0.1, 0.15) is 22.6 Å². The highest BCUT2D eigenvalue weighted by Gasteiger charge is 2.29. The molecule has 0 saturated heterocycles. The lowest BCUT2D eigenvalue weighted by molar-refractivity contribution is -0.119. The fourth-order valence-corrected chi connectivity index (χ4v) is 4.74. The molecular formula is C23H24BrN3O5S. The van der Waals surface area contributed by atoms with Gasteiger partial charge in [-0.1, -0.05) is 23.8 Å². The quantitative estimate of drug-likeness (QED) is 0.343. The standard InChI is InChI=1S/C23H24BrN3O5S/c1-15-5-8-19(9-6-15)33(29,30)27(21-11-16(2)7-10-22(21)31-4)14-23(28)26-25-13-18-12-20(24)17(3)32-18/h5-13H,14H2,1-4H3,(H,26,28)/b25-13-. The number of hydrogen-bond acceptors (Lipinski definition) is 6. The van der Waals surface area contributed by atoms with Gasteiger partial charge in [-0.15, -0.1) is 0 Å². The van der Waals surface area contributed by atoms with Gasteiger partial charge in [0.1, 0.15) is 23.8 Å². The number of methoxy groups -OCH3 is 1. The third-order valence-electron chi connectivity index (χ3n) is 4.76. The van der Waals surface area contributed by atoms with Gasteiger partial charge in [0.25, 0.3) is 15.9 Å². The van der Waals surface area contributed by atoms with E-state index in [0.717, 1.165) is 19.9 Å². The number of nitrogens with zero attached hydrogens (tertiary/aromatic N) is 2. The van der Waals surface area contributed by atoms with Crippen molar-refractivity contribution in [2.45, 2.75) is 25.7 Å². The van der Waals surface area contributed by atoms with E-state index in [1.165, 1.54) is 25.5 Å². The Kier molecular flexibility index (Phi) is 7.60. The number of anilines is 1. The molecule has 0 atom stereocenters. The number of rotatable bonds is 8. The molecule has 0 fully saturated rings. The van der Waals surface area contributed by atoms with Gasteiger partial charge in [0, 0.05) is 6.07 Å². The summed E-state index contributed by atoms with van der Waals surface area (Å²) in [5.41, 5.74) is 4.34. The van der Waals surface area contributed by atoms with Crippen LogP contribution in [0.25, 0.3) is 0 Å². The molecule has 0 radical (unpaired) electrons. The number of furan rings is 1. The van der Waals surface area contributed by atoms with Crippen LogP contribution in [0.2, 0.25) is 0 Å². The van der Waals surface area contributed by atoms with Crippen LogP contribution in [0.5, 0.6) is 5.75 Å². The van der Waals surface area contributed by atoms with Crippen molar-refractivity contribution in [1.82, 2.24) is 5.43 Å². The first-order valence-electron chi connectivity index (χ1n) is 9.93. The largest absolute Gasteiger partial charge is 0.495 e. The zero-order valence-electron chi connectivity index (χ0n) is 18.6. The number of hydrogen-bond donors (Lipinski definition) is 1. The number of carbonyl (C=O) groups is 1. The van der Waals surface area contributed by atoms with Gasteiger partial charge in [0.05, 0.1) is 28.4 Å². The summed E-state index contributed by atoms with van der Waals surface area (Å²) in [6.07, 6.45) is 1.34. The predicted octanol–water partition coefficient (Wildman–Crippen LogP) is 4.32. The number of benzene rings is 2. The molecule has 1 aromatic heterocycles. The maximum Gasteiger partial charge on any atom is 0.264 e. The van der Waals surface area contributed by atoms with Gasteiger partial charge < -0.3 is 9.15 Å². The Balaban J connectivity index is 1.92. The third-order valence-corrected chi connectivity index (χ3v) is 7.32. The van der Waals surface area contributed by atoms with Crippen molar-refractivity contribution in [2.75, 3.05) is 18.0 Å². The molecule has 3 aromatic rings. The molecule has 3 rings (SSSR count). The Morgan fingerprint density at radius 3 is 2.39 bits per heavy atom. The Bertz CT molecular complexity index is 1260. The monoisotopic (exact) mass is 533 g/mol. The van der Waals surface area contributed by atoms with E-state index in [9.17, 15) is 13.2 Å². The number of amides is 1. The Labute approximate surface area is 201 Å². The molecule has 0 saturated carbocycles. The van der Waals surface area contributed by atoms with Crippen LogP contribution < -0.4 is 14.5 Å². The van der Waals surface area contributed by atoms with Crippen LogP contribution in [-0.4, -0.2) is 34.2 Å². The van der Waals surface area contributed by atoms with E-state index in [1.54, 1.807) is 43.3 Å². The molecular weight excluding hydrogens is 510 g/mol. The molecule has 10 heteroatoms. The molecule has 0 aliphatic carbocycles. The summed E-state index contributed by atoms with van der Waals surface area (Å²) in [5, 5.41) is 3.88. The molecule has 2 aromatic carbocycles. The zero-order chi connectivity index (χ0) is 24.2. The maximum absolute atomic E-state index is 13.5. The summed E-state index contributed by atoms with van der Waals surface area (Å²) in [5.74, 6) is 0.796. The molecule has 33 heavy (non-hydrogen) atoms. The fourth-order valence-electron chi connectivity index (χ4n) is 3.01. The highest BCUT2D eigenvalue weighted by molar-refractivity contribution is 9.10. The second-order valence-corrected chi connectivity index (χ2v) is 10.1. The van der Waals surface area contributed by atoms with E-state index in [1.807, 2.05) is 13.8 Å². The van der Waals surface area contributed by atoms with Crippen molar-refractivity contribution in [3.63, 3.8) is 0 Å². The first-order chi connectivity index (χ1) is 15.6. The zero-order valence-corrected chi connectivity index (χ0v) is 21.0. The Hall–Kier alpha value is -3.11. The number of hydrazone groups is 1. The summed E-state index contributed by atoms with van der Waals surface area (Å²) in [6.45, 7) is 4.97. The molecule has 0 spiro atoms. The van der Waals surface area contributed by atoms with E-state index >= 15 is 0 Å². The normalized spacial score (nSPS) is 11.5. The molecule has 1 amide bonds. The van der Waals surface area contributed by atoms with Crippen LogP contribution in [0.15, 0.2) is 67.4 Å². The summed E-state index contributed by atoms with van der Waals surface area (Å²) in [6, 6.07) is 13.2. The highest BCUT2D eigenvalue weighted by Crippen LogP contribution is 2.33. The predicted molar refractivity (Wildman–Crippen MR) is 130 cm³/mol. The molecule has 0 unspecified atom stereocenters. The van der Waals surface area contributed by atoms with E-state index in [4.69, 9.17) is 9.15 Å². The maximum atomic E-state index is 13.5. The lowest BCUT2D eigenvalue weighted by Gasteiger charge is -2.25. The third kappa shape index (κ3) is 5.82. The minimum atomic E-state index is -4.08. The summed E-state index contributed by atoms with van der Waals surface area (Å²) < 4.78 is 39.7. The second kappa shape index (κ2) is 10.2.